The van der Waals surface area contributed by atoms with Crippen LogP contribution in [0.5, 0.6) is 0 Å². The van der Waals surface area contributed by atoms with E-state index in [0.29, 0.717) is 18.2 Å². The van der Waals surface area contributed by atoms with Crippen molar-refractivity contribution >= 4 is 11.6 Å². The Kier molecular flexibility index (Phi) is 2.74. The highest BCUT2D eigenvalue weighted by molar-refractivity contribution is 6.16. The molecule has 1 aliphatic rings. The summed E-state index contributed by atoms with van der Waals surface area (Å²) in [7, 11) is 1.73. The molecule has 0 atom stereocenters. The fourth-order valence-corrected chi connectivity index (χ4v) is 1.82. The second-order valence-corrected chi connectivity index (χ2v) is 3.91. The van der Waals surface area contributed by atoms with Crippen LogP contribution < -0.4 is 0 Å². The summed E-state index contributed by atoms with van der Waals surface area (Å²) in [6.45, 7) is 0. The van der Waals surface area contributed by atoms with Crippen molar-refractivity contribution in [3.8, 4) is 0 Å². The molecule has 0 bridgehead atoms. The summed E-state index contributed by atoms with van der Waals surface area (Å²) < 4.78 is 10.8. The van der Waals surface area contributed by atoms with Gasteiger partial charge in [0.05, 0.1) is 12.0 Å². The first-order valence-electron chi connectivity index (χ1n) is 4.70. The van der Waals surface area contributed by atoms with Crippen molar-refractivity contribution in [2.24, 2.45) is 0 Å². The SMILES string of the molecule is COC1(Cc2nnc(CCl)o2)CCC1. The van der Waals surface area contributed by atoms with Crippen LogP contribution in [-0.2, 0) is 17.0 Å². The summed E-state index contributed by atoms with van der Waals surface area (Å²) in [5.74, 6) is 1.38. The first-order chi connectivity index (χ1) is 6.78. The largest absolute Gasteiger partial charge is 0.424 e. The van der Waals surface area contributed by atoms with Gasteiger partial charge in [0.1, 0.15) is 5.88 Å². The number of ether oxygens (including phenoxy) is 1. The summed E-state index contributed by atoms with van der Waals surface area (Å²) in [5.41, 5.74) is -0.0594. The quantitative estimate of drug-likeness (QED) is 0.722. The van der Waals surface area contributed by atoms with Gasteiger partial charge in [-0.2, -0.15) is 0 Å². The molecule has 0 spiro atoms. The van der Waals surface area contributed by atoms with E-state index in [0.717, 1.165) is 12.8 Å². The number of methoxy groups -OCH3 is 1. The molecule has 0 radical (unpaired) electrons. The predicted molar refractivity (Wildman–Crippen MR) is 51.2 cm³/mol. The van der Waals surface area contributed by atoms with E-state index in [1.165, 1.54) is 6.42 Å². The van der Waals surface area contributed by atoms with Gasteiger partial charge in [-0.3, -0.25) is 0 Å². The Morgan fingerprint density at radius 2 is 2.14 bits per heavy atom. The van der Waals surface area contributed by atoms with Gasteiger partial charge in [-0.15, -0.1) is 21.8 Å². The number of aromatic nitrogens is 2. The molecular formula is C9H13ClN2O2. The number of alkyl halides is 1. The minimum atomic E-state index is -0.0594. The van der Waals surface area contributed by atoms with Gasteiger partial charge in [-0.05, 0) is 19.3 Å². The van der Waals surface area contributed by atoms with E-state index >= 15 is 0 Å². The molecule has 1 aliphatic carbocycles. The summed E-state index contributed by atoms with van der Waals surface area (Å²) in [6.07, 6.45) is 4.06. The fourth-order valence-electron chi connectivity index (χ4n) is 1.71. The van der Waals surface area contributed by atoms with Crippen LogP contribution in [-0.4, -0.2) is 22.9 Å². The summed E-state index contributed by atoms with van der Waals surface area (Å²) in [5, 5.41) is 7.73. The maximum Gasteiger partial charge on any atom is 0.231 e. The molecular weight excluding hydrogens is 204 g/mol. The van der Waals surface area contributed by atoms with E-state index in [1.807, 2.05) is 0 Å². The average Bonchev–Trinajstić information content (AvgIpc) is 2.59. The first-order valence-corrected chi connectivity index (χ1v) is 5.24. The van der Waals surface area contributed by atoms with Crippen LogP contribution in [0.3, 0.4) is 0 Å². The Morgan fingerprint density at radius 1 is 1.43 bits per heavy atom. The molecule has 1 saturated carbocycles. The molecule has 1 aromatic heterocycles. The van der Waals surface area contributed by atoms with E-state index in [-0.39, 0.29) is 11.5 Å². The molecule has 4 nitrogen and oxygen atoms in total. The van der Waals surface area contributed by atoms with Crippen LogP contribution >= 0.6 is 11.6 Å². The highest BCUT2D eigenvalue weighted by Crippen LogP contribution is 2.37. The van der Waals surface area contributed by atoms with E-state index in [9.17, 15) is 0 Å². The van der Waals surface area contributed by atoms with Crippen molar-refractivity contribution in [1.82, 2.24) is 10.2 Å². The minimum absolute atomic E-state index is 0.0594. The Labute approximate surface area is 87.6 Å². The number of halogens is 1. The van der Waals surface area contributed by atoms with Gasteiger partial charge < -0.3 is 9.15 Å². The van der Waals surface area contributed by atoms with Crippen molar-refractivity contribution in [2.75, 3.05) is 7.11 Å². The zero-order valence-electron chi connectivity index (χ0n) is 8.12. The number of hydrogen-bond acceptors (Lipinski definition) is 4. The van der Waals surface area contributed by atoms with Crippen molar-refractivity contribution in [2.45, 2.75) is 37.2 Å². The summed E-state index contributed by atoms with van der Waals surface area (Å²) >= 11 is 5.57. The Bertz CT molecular complexity index is 304. The molecule has 0 aromatic carbocycles. The van der Waals surface area contributed by atoms with Crippen molar-refractivity contribution < 1.29 is 9.15 Å². The molecule has 2 rings (SSSR count). The molecule has 1 aromatic rings. The van der Waals surface area contributed by atoms with Crippen LogP contribution in [0.25, 0.3) is 0 Å². The second-order valence-electron chi connectivity index (χ2n) is 3.64. The van der Waals surface area contributed by atoms with Crippen LogP contribution in [0.15, 0.2) is 4.42 Å². The molecule has 78 valence electrons. The third-order valence-electron chi connectivity index (χ3n) is 2.79. The molecule has 0 unspecified atom stereocenters. The summed E-state index contributed by atoms with van der Waals surface area (Å²) in [6, 6.07) is 0. The van der Waals surface area contributed by atoms with Crippen molar-refractivity contribution in [1.29, 1.82) is 0 Å². The number of hydrogen-bond donors (Lipinski definition) is 0. The predicted octanol–water partition coefficient (Wildman–Crippen LogP) is 1.92. The topological polar surface area (TPSA) is 48.2 Å². The lowest BCUT2D eigenvalue weighted by Gasteiger charge is -2.39. The van der Waals surface area contributed by atoms with Gasteiger partial charge >= 0.3 is 0 Å². The molecule has 14 heavy (non-hydrogen) atoms. The Morgan fingerprint density at radius 3 is 2.57 bits per heavy atom. The number of nitrogens with zero attached hydrogens (tertiary/aromatic N) is 2. The van der Waals surface area contributed by atoms with E-state index < -0.39 is 0 Å². The Hall–Kier alpha value is -0.610. The van der Waals surface area contributed by atoms with Crippen LogP contribution in [0.4, 0.5) is 0 Å². The van der Waals surface area contributed by atoms with Gasteiger partial charge in [-0.1, -0.05) is 0 Å². The van der Waals surface area contributed by atoms with Crippen LogP contribution in [0.2, 0.25) is 0 Å². The molecule has 0 N–H and O–H groups in total. The highest BCUT2D eigenvalue weighted by atomic mass is 35.5. The van der Waals surface area contributed by atoms with Crippen LogP contribution in [0.1, 0.15) is 31.0 Å². The van der Waals surface area contributed by atoms with E-state index in [4.69, 9.17) is 20.8 Å². The van der Waals surface area contributed by atoms with Gasteiger partial charge in [0.25, 0.3) is 0 Å². The third kappa shape index (κ3) is 1.77. The van der Waals surface area contributed by atoms with Gasteiger partial charge in [0.2, 0.25) is 11.8 Å². The summed E-state index contributed by atoms with van der Waals surface area (Å²) in [4.78, 5) is 0. The van der Waals surface area contributed by atoms with Crippen LogP contribution in [0, 0.1) is 0 Å². The molecule has 0 amide bonds. The maximum absolute atomic E-state index is 5.57. The zero-order valence-corrected chi connectivity index (χ0v) is 8.88. The number of rotatable bonds is 4. The smallest absolute Gasteiger partial charge is 0.231 e. The molecule has 5 heteroatoms. The fraction of sp³-hybridized carbons (Fsp3) is 0.778. The normalized spacial score (nSPS) is 19.3. The lowest BCUT2D eigenvalue weighted by molar-refractivity contribution is -0.0746. The Balaban J connectivity index is 2.02. The lowest BCUT2D eigenvalue weighted by Crippen LogP contribution is -2.41. The lowest BCUT2D eigenvalue weighted by atomic mass is 9.77. The average molecular weight is 217 g/mol. The highest BCUT2D eigenvalue weighted by Gasteiger charge is 2.38. The standard InChI is InChI=1S/C9H13ClN2O2/c1-13-9(3-2-4-9)5-7-11-12-8(6-10)14-7/h2-6H2,1H3. The minimum Gasteiger partial charge on any atom is -0.424 e. The van der Waals surface area contributed by atoms with Gasteiger partial charge in [0, 0.05) is 7.11 Å². The monoisotopic (exact) mass is 216 g/mol. The first kappa shape index (κ1) is 9.93. The van der Waals surface area contributed by atoms with Crippen molar-refractivity contribution in [3.05, 3.63) is 11.8 Å². The van der Waals surface area contributed by atoms with E-state index in [1.54, 1.807) is 7.11 Å². The molecule has 1 fully saturated rings. The second kappa shape index (κ2) is 3.87. The molecule has 0 saturated heterocycles. The molecule has 0 aliphatic heterocycles. The zero-order chi connectivity index (χ0) is 10.0. The van der Waals surface area contributed by atoms with Gasteiger partial charge in [-0.25, -0.2) is 0 Å². The third-order valence-corrected chi connectivity index (χ3v) is 3.02. The maximum atomic E-state index is 5.57. The van der Waals surface area contributed by atoms with Gasteiger partial charge in [0.15, 0.2) is 0 Å². The van der Waals surface area contributed by atoms with Crippen molar-refractivity contribution in [3.63, 3.8) is 0 Å². The van der Waals surface area contributed by atoms with E-state index in [2.05, 4.69) is 10.2 Å². The molecule has 1 heterocycles.